The minimum Gasteiger partial charge on any atom is -0.378 e. The number of ether oxygens (including phenoxy) is 1. The van der Waals surface area contributed by atoms with Crippen LogP contribution < -0.4 is 0 Å². The second kappa shape index (κ2) is 6.23. The van der Waals surface area contributed by atoms with Crippen molar-refractivity contribution in [2.24, 2.45) is 5.92 Å². The maximum atomic E-state index is 6.15. The van der Waals surface area contributed by atoms with Gasteiger partial charge in [0.25, 0.3) is 0 Å². The lowest BCUT2D eigenvalue weighted by atomic mass is 9.94. The zero-order chi connectivity index (χ0) is 11.4. The predicted molar refractivity (Wildman–Crippen MR) is 68.1 cm³/mol. The maximum Gasteiger partial charge on any atom is 0.0588 e. The average molecular weight is 246 g/mol. The lowest BCUT2D eigenvalue weighted by molar-refractivity contribution is 0.0850. The molecule has 2 aliphatic rings. The average Bonchev–Trinajstić information content (AvgIpc) is 2.80. The molecule has 0 N–H and O–H groups in total. The Kier molecular flexibility index (Phi) is 4.93. The number of rotatable bonds is 4. The van der Waals surface area contributed by atoms with Crippen LogP contribution in [0.15, 0.2) is 0 Å². The normalized spacial score (nSPS) is 30.8. The van der Waals surface area contributed by atoms with Gasteiger partial charge in [-0.15, -0.1) is 11.6 Å². The third-order valence-corrected chi connectivity index (χ3v) is 4.43. The van der Waals surface area contributed by atoms with Crippen molar-refractivity contribution < 1.29 is 4.74 Å². The van der Waals surface area contributed by atoms with Crippen LogP contribution in [0.3, 0.4) is 0 Å². The second-order valence-electron chi connectivity index (χ2n) is 5.28. The summed E-state index contributed by atoms with van der Waals surface area (Å²) in [5.74, 6) is 0.737. The number of hydrogen-bond donors (Lipinski definition) is 0. The van der Waals surface area contributed by atoms with E-state index in [1.54, 1.807) is 0 Å². The van der Waals surface area contributed by atoms with Gasteiger partial charge in [-0.25, -0.2) is 0 Å². The van der Waals surface area contributed by atoms with Crippen molar-refractivity contribution in [3.63, 3.8) is 0 Å². The Morgan fingerprint density at radius 1 is 1.31 bits per heavy atom. The van der Waals surface area contributed by atoms with E-state index in [1.807, 2.05) is 0 Å². The molecule has 0 aromatic rings. The van der Waals surface area contributed by atoms with E-state index in [9.17, 15) is 0 Å². The molecule has 2 atom stereocenters. The van der Waals surface area contributed by atoms with E-state index < -0.39 is 0 Å². The Labute approximate surface area is 104 Å². The van der Waals surface area contributed by atoms with Gasteiger partial charge < -0.3 is 9.64 Å². The number of halogens is 1. The first-order valence-corrected chi connectivity index (χ1v) is 7.17. The number of alkyl halides is 1. The molecule has 16 heavy (non-hydrogen) atoms. The molecule has 2 rings (SSSR count). The molecule has 2 saturated heterocycles. The van der Waals surface area contributed by atoms with Crippen molar-refractivity contribution in [2.75, 3.05) is 26.2 Å². The van der Waals surface area contributed by atoms with Crippen LogP contribution in [0.1, 0.15) is 39.0 Å². The van der Waals surface area contributed by atoms with Gasteiger partial charge in [-0.1, -0.05) is 0 Å². The largest absolute Gasteiger partial charge is 0.378 e. The Morgan fingerprint density at radius 2 is 2.06 bits per heavy atom. The summed E-state index contributed by atoms with van der Waals surface area (Å²) >= 11 is 6.15. The Morgan fingerprint density at radius 3 is 2.62 bits per heavy atom. The lowest BCUT2D eigenvalue weighted by Crippen LogP contribution is -2.37. The molecule has 0 saturated carbocycles. The second-order valence-corrected chi connectivity index (χ2v) is 5.97. The fourth-order valence-corrected chi connectivity index (χ4v) is 3.09. The molecule has 94 valence electrons. The molecule has 0 amide bonds. The van der Waals surface area contributed by atoms with Crippen molar-refractivity contribution in [1.29, 1.82) is 0 Å². The summed E-state index contributed by atoms with van der Waals surface area (Å²) in [7, 11) is 0. The summed E-state index contributed by atoms with van der Waals surface area (Å²) in [5, 5.41) is 0.348. The highest BCUT2D eigenvalue weighted by Crippen LogP contribution is 2.24. The van der Waals surface area contributed by atoms with Gasteiger partial charge in [0, 0.05) is 18.5 Å². The molecule has 0 bridgehead atoms. The topological polar surface area (TPSA) is 12.5 Å². The van der Waals surface area contributed by atoms with Crippen LogP contribution in [0.2, 0.25) is 0 Å². The molecule has 2 fully saturated rings. The highest BCUT2D eigenvalue weighted by atomic mass is 35.5. The highest BCUT2D eigenvalue weighted by molar-refractivity contribution is 6.20. The Hall–Kier alpha value is 0.210. The van der Waals surface area contributed by atoms with Gasteiger partial charge in [0.15, 0.2) is 0 Å². The molecule has 0 aromatic heterocycles. The Balaban J connectivity index is 1.61. The minimum atomic E-state index is 0.348. The van der Waals surface area contributed by atoms with Gasteiger partial charge in [0.05, 0.1) is 6.10 Å². The monoisotopic (exact) mass is 245 g/mol. The van der Waals surface area contributed by atoms with E-state index in [-0.39, 0.29) is 0 Å². The Bertz CT molecular complexity index is 196. The van der Waals surface area contributed by atoms with Crippen molar-refractivity contribution in [1.82, 2.24) is 4.90 Å². The van der Waals surface area contributed by atoms with Crippen molar-refractivity contribution >= 4 is 11.6 Å². The van der Waals surface area contributed by atoms with Crippen molar-refractivity contribution in [3.05, 3.63) is 0 Å². The third-order valence-electron chi connectivity index (χ3n) is 4.07. The zero-order valence-corrected chi connectivity index (χ0v) is 11.1. The van der Waals surface area contributed by atoms with Crippen LogP contribution >= 0.6 is 11.6 Å². The van der Waals surface area contributed by atoms with Crippen LogP contribution in [-0.2, 0) is 4.74 Å². The first kappa shape index (κ1) is 12.7. The van der Waals surface area contributed by atoms with E-state index in [4.69, 9.17) is 16.3 Å². The van der Waals surface area contributed by atoms with E-state index in [0.717, 1.165) is 12.5 Å². The summed E-state index contributed by atoms with van der Waals surface area (Å²) in [6.07, 6.45) is 6.85. The van der Waals surface area contributed by atoms with Gasteiger partial charge in [-0.3, -0.25) is 0 Å². The molecule has 2 heterocycles. The molecule has 0 radical (unpaired) electrons. The van der Waals surface area contributed by atoms with Gasteiger partial charge >= 0.3 is 0 Å². The van der Waals surface area contributed by atoms with E-state index in [2.05, 4.69) is 11.8 Å². The zero-order valence-electron chi connectivity index (χ0n) is 10.3. The summed E-state index contributed by atoms with van der Waals surface area (Å²) in [6, 6.07) is 0. The molecule has 0 aliphatic carbocycles. The van der Waals surface area contributed by atoms with Crippen LogP contribution in [0.25, 0.3) is 0 Å². The number of nitrogens with zero attached hydrogens (tertiary/aromatic N) is 1. The molecule has 2 aliphatic heterocycles. The molecular weight excluding hydrogens is 222 g/mol. The van der Waals surface area contributed by atoms with E-state index in [0.29, 0.717) is 11.5 Å². The number of hydrogen-bond acceptors (Lipinski definition) is 2. The minimum absolute atomic E-state index is 0.348. The van der Waals surface area contributed by atoms with Crippen LogP contribution in [0.4, 0.5) is 0 Å². The highest BCUT2D eigenvalue weighted by Gasteiger charge is 2.23. The summed E-state index contributed by atoms with van der Waals surface area (Å²) < 4.78 is 5.66. The lowest BCUT2D eigenvalue weighted by Gasteiger charge is -2.33. The van der Waals surface area contributed by atoms with Gasteiger partial charge in [0.1, 0.15) is 0 Å². The van der Waals surface area contributed by atoms with Gasteiger partial charge in [-0.2, -0.15) is 0 Å². The van der Waals surface area contributed by atoms with Gasteiger partial charge in [0.2, 0.25) is 0 Å². The molecular formula is C13H24ClNO. The number of likely N-dealkylation sites (tertiary alicyclic amines) is 1. The SMILES string of the molecule is CC(Cl)C1CCN(CCC2CCCO2)CC1. The van der Waals surface area contributed by atoms with E-state index in [1.165, 1.54) is 51.7 Å². The fraction of sp³-hybridized carbons (Fsp3) is 1.00. The fourth-order valence-electron chi connectivity index (χ4n) is 2.83. The molecule has 2 unspecified atom stereocenters. The quantitative estimate of drug-likeness (QED) is 0.707. The van der Waals surface area contributed by atoms with Crippen LogP contribution in [-0.4, -0.2) is 42.6 Å². The first-order chi connectivity index (χ1) is 7.75. The third kappa shape index (κ3) is 3.61. The molecule has 0 spiro atoms. The smallest absolute Gasteiger partial charge is 0.0588 e. The first-order valence-electron chi connectivity index (χ1n) is 6.73. The van der Waals surface area contributed by atoms with Crippen LogP contribution in [0, 0.1) is 5.92 Å². The number of piperidine rings is 1. The van der Waals surface area contributed by atoms with Crippen molar-refractivity contribution in [2.45, 2.75) is 50.5 Å². The summed E-state index contributed by atoms with van der Waals surface area (Å²) in [6.45, 7) is 6.79. The maximum absolute atomic E-state index is 6.15. The standard InChI is InChI=1S/C13H24ClNO/c1-11(14)12-4-7-15(8-5-12)9-6-13-3-2-10-16-13/h11-13H,2-10H2,1H3. The molecule has 2 nitrogen and oxygen atoms in total. The predicted octanol–water partition coefficient (Wildman–Crippen LogP) is 2.89. The molecule has 0 aromatic carbocycles. The van der Waals surface area contributed by atoms with Crippen LogP contribution in [0.5, 0.6) is 0 Å². The molecule has 3 heteroatoms. The van der Waals surface area contributed by atoms with E-state index >= 15 is 0 Å². The van der Waals surface area contributed by atoms with Crippen molar-refractivity contribution in [3.8, 4) is 0 Å². The van der Waals surface area contributed by atoms with Gasteiger partial charge in [-0.05, 0) is 58.0 Å². The summed E-state index contributed by atoms with van der Waals surface area (Å²) in [4.78, 5) is 2.58. The summed E-state index contributed by atoms with van der Waals surface area (Å²) in [5.41, 5.74) is 0.